The zero-order valence-corrected chi connectivity index (χ0v) is 17.0. The summed E-state index contributed by atoms with van der Waals surface area (Å²) in [5.74, 6) is 0.373. The lowest BCUT2D eigenvalue weighted by molar-refractivity contribution is -0.126. The molecule has 28 heavy (non-hydrogen) atoms. The van der Waals surface area contributed by atoms with E-state index in [0.717, 1.165) is 16.9 Å². The molecular weight excluding hydrogens is 376 g/mol. The molecule has 2 aromatic rings. The van der Waals surface area contributed by atoms with Gasteiger partial charge in [0.05, 0.1) is 11.7 Å². The number of hydrogen-bond donors (Lipinski definition) is 2. The molecule has 1 aliphatic rings. The first kappa shape index (κ1) is 20.4. The maximum absolute atomic E-state index is 12.6. The fraction of sp³-hybridized carbons (Fsp3) is 0.381. The summed E-state index contributed by atoms with van der Waals surface area (Å²) >= 11 is 0. The van der Waals surface area contributed by atoms with Crippen molar-refractivity contribution in [2.75, 3.05) is 6.61 Å². The van der Waals surface area contributed by atoms with Crippen molar-refractivity contribution < 1.29 is 17.9 Å². The monoisotopic (exact) mass is 402 g/mol. The zero-order valence-electron chi connectivity index (χ0n) is 16.1. The molecule has 2 N–H and O–H groups in total. The Morgan fingerprint density at radius 3 is 2.54 bits per heavy atom. The Morgan fingerprint density at radius 2 is 1.79 bits per heavy atom. The van der Waals surface area contributed by atoms with E-state index in [-0.39, 0.29) is 30.2 Å². The number of amides is 1. The van der Waals surface area contributed by atoms with Crippen LogP contribution in [0.4, 0.5) is 0 Å². The van der Waals surface area contributed by atoms with Crippen molar-refractivity contribution >= 4 is 15.9 Å². The van der Waals surface area contributed by atoms with Gasteiger partial charge in [-0.1, -0.05) is 42.5 Å². The van der Waals surface area contributed by atoms with Gasteiger partial charge in [0.25, 0.3) is 0 Å². The standard InChI is InChI=1S/C21H26N2O4S/c1-15(2)23-28(25,26)14-18-9-4-3-8-17(18)12-22-21(24)19-11-16-7-5-6-10-20(16)27-13-19/h3-10,15,19,23H,11-14H2,1-2H3,(H,22,24)/t19-/m1/s1. The predicted octanol–water partition coefficient (Wildman–Crippen LogP) is 2.38. The van der Waals surface area contributed by atoms with Crippen LogP contribution in [0.3, 0.4) is 0 Å². The summed E-state index contributed by atoms with van der Waals surface area (Å²) in [4.78, 5) is 12.6. The van der Waals surface area contributed by atoms with Crippen molar-refractivity contribution in [1.82, 2.24) is 10.0 Å². The Bertz CT molecular complexity index is 941. The van der Waals surface area contributed by atoms with E-state index in [9.17, 15) is 13.2 Å². The second-order valence-electron chi connectivity index (χ2n) is 7.34. The molecule has 0 spiro atoms. The van der Waals surface area contributed by atoms with Gasteiger partial charge in [-0.2, -0.15) is 0 Å². The number of fused-ring (bicyclic) bond motifs is 1. The molecule has 7 heteroatoms. The Hall–Kier alpha value is -2.38. The lowest BCUT2D eigenvalue weighted by Gasteiger charge is -2.24. The fourth-order valence-electron chi connectivity index (χ4n) is 3.30. The van der Waals surface area contributed by atoms with Gasteiger partial charge in [0.15, 0.2) is 0 Å². The summed E-state index contributed by atoms with van der Waals surface area (Å²) in [6.07, 6.45) is 0.635. The van der Waals surface area contributed by atoms with E-state index in [0.29, 0.717) is 18.6 Å². The van der Waals surface area contributed by atoms with E-state index in [2.05, 4.69) is 10.0 Å². The maximum Gasteiger partial charge on any atom is 0.227 e. The second kappa shape index (κ2) is 8.75. The summed E-state index contributed by atoms with van der Waals surface area (Å²) in [7, 11) is -3.43. The Labute approximate surface area is 166 Å². The smallest absolute Gasteiger partial charge is 0.227 e. The Morgan fingerprint density at radius 1 is 1.11 bits per heavy atom. The molecular formula is C21H26N2O4S. The van der Waals surface area contributed by atoms with Crippen LogP contribution < -0.4 is 14.8 Å². The van der Waals surface area contributed by atoms with Gasteiger partial charge >= 0.3 is 0 Å². The number of carbonyl (C=O) groups excluding carboxylic acids is 1. The molecule has 6 nitrogen and oxygen atoms in total. The maximum atomic E-state index is 12.6. The third-order valence-corrected chi connectivity index (χ3v) is 6.10. The van der Waals surface area contributed by atoms with Crippen LogP contribution in [0.1, 0.15) is 30.5 Å². The minimum absolute atomic E-state index is 0.0903. The van der Waals surface area contributed by atoms with Crippen LogP contribution >= 0.6 is 0 Å². The Kier molecular flexibility index (Phi) is 6.36. The van der Waals surface area contributed by atoms with Gasteiger partial charge in [-0.15, -0.1) is 0 Å². The first-order valence-electron chi connectivity index (χ1n) is 9.39. The van der Waals surface area contributed by atoms with E-state index >= 15 is 0 Å². The van der Waals surface area contributed by atoms with Gasteiger partial charge in [-0.3, -0.25) is 4.79 Å². The number of rotatable bonds is 7. The fourth-order valence-corrected chi connectivity index (χ4v) is 4.79. The third kappa shape index (κ3) is 5.33. The lowest BCUT2D eigenvalue weighted by atomic mass is 9.96. The lowest BCUT2D eigenvalue weighted by Crippen LogP contribution is -2.37. The summed E-state index contributed by atoms with van der Waals surface area (Å²) in [6, 6.07) is 14.8. The first-order chi connectivity index (χ1) is 13.3. The van der Waals surface area contributed by atoms with Crippen LogP contribution in [-0.2, 0) is 33.5 Å². The van der Waals surface area contributed by atoms with Crippen molar-refractivity contribution in [3.63, 3.8) is 0 Å². The average molecular weight is 403 g/mol. The van der Waals surface area contributed by atoms with Crippen LogP contribution in [-0.4, -0.2) is 27.0 Å². The van der Waals surface area contributed by atoms with Crippen LogP contribution in [0.2, 0.25) is 0 Å². The average Bonchev–Trinajstić information content (AvgIpc) is 2.65. The molecule has 0 saturated carbocycles. The number of benzene rings is 2. The predicted molar refractivity (Wildman–Crippen MR) is 108 cm³/mol. The largest absolute Gasteiger partial charge is 0.492 e. The molecule has 0 radical (unpaired) electrons. The summed E-state index contributed by atoms with van der Waals surface area (Å²) < 4.78 is 32.8. The number of sulfonamides is 1. The highest BCUT2D eigenvalue weighted by Gasteiger charge is 2.25. The van der Waals surface area contributed by atoms with Gasteiger partial charge in [0.1, 0.15) is 12.4 Å². The highest BCUT2D eigenvalue weighted by atomic mass is 32.2. The molecule has 1 heterocycles. The van der Waals surface area contributed by atoms with Crippen molar-refractivity contribution in [2.24, 2.45) is 5.92 Å². The topological polar surface area (TPSA) is 84.5 Å². The van der Waals surface area contributed by atoms with E-state index < -0.39 is 10.0 Å². The van der Waals surface area contributed by atoms with Crippen molar-refractivity contribution in [1.29, 1.82) is 0 Å². The molecule has 0 aliphatic carbocycles. The van der Waals surface area contributed by atoms with Gasteiger partial charge < -0.3 is 10.1 Å². The molecule has 0 unspecified atom stereocenters. The highest BCUT2D eigenvalue weighted by molar-refractivity contribution is 7.88. The minimum atomic E-state index is -3.43. The van der Waals surface area contributed by atoms with Crippen LogP contribution in [0, 0.1) is 5.92 Å². The number of para-hydroxylation sites is 1. The van der Waals surface area contributed by atoms with E-state index in [1.165, 1.54) is 0 Å². The Balaban J connectivity index is 1.63. The molecule has 150 valence electrons. The molecule has 1 atom stereocenters. The molecule has 2 aromatic carbocycles. The van der Waals surface area contributed by atoms with Gasteiger partial charge in [-0.05, 0) is 43.0 Å². The molecule has 0 fully saturated rings. The van der Waals surface area contributed by atoms with Gasteiger partial charge in [-0.25, -0.2) is 13.1 Å². The van der Waals surface area contributed by atoms with Crippen LogP contribution in [0.5, 0.6) is 5.75 Å². The van der Waals surface area contributed by atoms with E-state index in [1.54, 1.807) is 26.0 Å². The SMILES string of the molecule is CC(C)NS(=O)(=O)Cc1ccccc1CNC(=O)[C@H]1COc2ccccc2C1. The molecule has 1 aliphatic heterocycles. The number of ether oxygens (including phenoxy) is 1. The number of hydrogen-bond acceptors (Lipinski definition) is 4. The first-order valence-corrected chi connectivity index (χ1v) is 11.0. The van der Waals surface area contributed by atoms with E-state index in [1.807, 2.05) is 36.4 Å². The summed E-state index contributed by atoms with van der Waals surface area (Å²) in [5, 5.41) is 2.93. The third-order valence-electron chi connectivity index (χ3n) is 4.58. The summed E-state index contributed by atoms with van der Waals surface area (Å²) in [5.41, 5.74) is 2.50. The highest BCUT2D eigenvalue weighted by Crippen LogP contribution is 2.26. The minimum Gasteiger partial charge on any atom is -0.492 e. The zero-order chi connectivity index (χ0) is 20.1. The normalized spacial score (nSPS) is 16.3. The molecule has 0 saturated heterocycles. The van der Waals surface area contributed by atoms with Crippen LogP contribution in [0.15, 0.2) is 48.5 Å². The molecule has 0 aromatic heterocycles. The second-order valence-corrected chi connectivity index (χ2v) is 9.09. The summed E-state index contributed by atoms with van der Waals surface area (Å²) in [6.45, 7) is 4.20. The molecule has 3 rings (SSSR count). The molecule has 1 amide bonds. The van der Waals surface area contributed by atoms with Gasteiger partial charge in [0, 0.05) is 12.6 Å². The van der Waals surface area contributed by atoms with Crippen molar-refractivity contribution in [3.8, 4) is 5.75 Å². The van der Waals surface area contributed by atoms with E-state index in [4.69, 9.17) is 4.74 Å². The molecule has 0 bridgehead atoms. The van der Waals surface area contributed by atoms with Crippen molar-refractivity contribution in [2.45, 2.75) is 38.6 Å². The van der Waals surface area contributed by atoms with Crippen LogP contribution in [0.25, 0.3) is 0 Å². The number of nitrogens with one attached hydrogen (secondary N) is 2. The van der Waals surface area contributed by atoms with Gasteiger partial charge in [0.2, 0.25) is 15.9 Å². The quantitative estimate of drug-likeness (QED) is 0.745. The number of carbonyl (C=O) groups is 1. The van der Waals surface area contributed by atoms with Crippen molar-refractivity contribution in [3.05, 3.63) is 65.2 Å².